The minimum atomic E-state index is -0.366. The van der Waals surface area contributed by atoms with Gasteiger partial charge < -0.3 is 14.0 Å². The molecule has 4 rings (SSSR count). The average molecular weight is 441 g/mol. The highest BCUT2D eigenvalue weighted by Gasteiger charge is 2.10. The largest absolute Gasteiger partial charge is 0.497 e. The normalized spacial score (nSPS) is 11.0. The number of rotatable bonds is 7. The van der Waals surface area contributed by atoms with Crippen LogP contribution in [-0.4, -0.2) is 36.9 Å². The number of hydrazone groups is 1. The predicted octanol–water partition coefficient (Wildman–Crippen LogP) is 4.25. The zero-order chi connectivity index (χ0) is 23.2. The molecule has 0 bridgehead atoms. The van der Waals surface area contributed by atoms with E-state index < -0.39 is 0 Å². The topological polar surface area (TPSA) is 81.9 Å². The van der Waals surface area contributed by atoms with Crippen LogP contribution < -0.4 is 10.2 Å². The molecule has 1 N–H and O–H groups in total. The van der Waals surface area contributed by atoms with E-state index in [1.807, 2.05) is 48.7 Å². The van der Waals surface area contributed by atoms with E-state index in [0.29, 0.717) is 23.4 Å². The number of hydrogen-bond acceptors (Lipinski definition) is 5. The van der Waals surface area contributed by atoms with E-state index in [1.165, 1.54) is 7.11 Å². The molecular formula is C26H23N3O4. The molecule has 1 amide bonds. The fraction of sp³-hybridized carbons (Fsp3) is 0.115. The van der Waals surface area contributed by atoms with Gasteiger partial charge in [0.15, 0.2) is 0 Å². The Morgan fingerprint density at radius 2 is 1.76 bits per heavy atom. The monoisotopic (exact) mass is 441 g/mol. The Balaban J connectivity index is 1.54. The molecule has 4 aromatic rings. The summed E-state index contributed by atoms with van der Waals surface area (Å²) in [5.41, 5.74) is 6.41. The molecule has 33 heavy (non-hydrogen) atoms. The van der Waals surface area contributed by atoms with Gasteiger partial charge >= 0.3 is 5.97 Å². The molecule has 0 atom stereocenters. The zero-order valence-corrected chi connectivity index (χ0v) is 18.3. The second-order valence-corrected chi connectivity index (χ2v) is 7.35. The summed E-state index contributed by atoms with van der Waals surface area (Å²) in [7, 11) is 2.94. The Hall–Kier alpha value is -4.39. The van der Waals surface area contributed by atoms with Gasteiger partial charge in [-0.3, -0.25) is 4.79 Å². The van der Waals surface area contributed by atoms with Crippen LogP contribution in [0, 0.1) is 0 Å². The van der Waals surface area contributed by atoms with Crippen molar-refractivity contribution in [2.24, 2.45) is 5.10 Å². The van der Waals surface area contributed by atoms with E-state index in [4.69, 9.17) is 9.47 Å². The summed E-state index contributed by atoms with van der Waals surface area (Å²) in [4.78, 5) is 24.2. The van der Waals surface area contributed by atoms with Gasteiger partial charge in [-0.25, -0.2) is 10.2 Å². The fourth-order valence-corrected chi connectivity index (χ4v) is 3.59. The number of benzene rings is 3. The molecule has 0 spiro atoms. The molecule has 0 fully saturated rings. The highest BCUT2D eigenvalue weighted by molar-refractivity contribution is 6.00. The quantitative estimate of drug-likeness (QED) is 0.264. The van der Waals surface area contributed by atoms with Crippen molar-refractivity contribution in [3.05, 3.63) is 101 Å². The van der Waals surface area contributed by atoms with Crippen molar-refractivity contribution in [1.29, 1.82) is 0 Å². The van der Waals surface area contributed by atoms with Crippen LogP contribution in [0.15, 0.2) is 84.1 Å². The van der Waals surface area contributed by atoms with Crippen LogP contribution in [0.25, 0.3) is 10.9 Å². The molecule has 0 saturated heterocycles. The van der Waals surface area contributed by atoms with Gasteiger partial charge in [0.2, 0.25) is 0 Å². The third-order valence-corrected chi connectivity index (χ3v) is 5.24. The maximum Gasteiger partial charge on any atom is 0.337 e. The van der Waals surface area contributed by atoms with Gasteiger partial charge in [0.25, 0.3) is 5.91 Å². The lowest BCUT2D eigenvalue weighted by molar-refractivity contribution is 0.0600. The molecule has 1 aromatic heterocycles. The molecule has 0 unspecified atom stereocenters. The summed E-state index contributed by atoms with van der Waals surface area (Å²) >= 11 is 0. The van der Waals surface area contributed by atoms with Crippen LogP contribution in [0.5, 0.6) is 5.75 Å². The maximum absolute atomic E-state index is 12.3. The number of methoxy groups -OCH3 is 2. The Kier molecular flexibility index (Phi) is 6.50. The number of amides is 1. The molecule has 0 aliphatic carbocycles. The molecule has 0 radical (unpaired) electrons. The van der Waals surface area contributed by atoms with E-state index in [9.17, 15) is 9.59 Å². The summed E-state index contributed by atoms with van der Waals surface area (Å²) < 4.78 is 12.0. The SMILES string of the molecule is COC(=O)c1cccc(Cn2cc(/C=N\NC(=O)c3ccc(OC)cc3)c3ccccc32)c1. The first-order valence-corrected chi connectivity index (χ1v) is 10.3. The Morgan fingerprint density at radius 1 is 0.970 bits per heavy atom. The van der Waals surface area contributed by atoms with Crippen molar-refractivity contribution in [3.8, 4) is 5.75 Å². The van der Waals surface area contributed by atoms with Gasteiger partial charge in [-0.1, -0.05) is 30.3 Å². The number of ether oxygens (including phenoxy) is 2. The molecule has 166 valence electrons. The Bertz CT molecular complexity index is 1320. The van der Waals surface area contributed by atoms with Crippen LogP contribution in [0.2, 0.25) is 0 Å². The average Bonchev–Trinajstić information content (AvgIpc) is 3.21. The number of carbonyl (C=O) groups excluding carboxylic acids is 2. The van der Waals surface area contributed by atoms with Gasteiger partial charge in [-0.2, -0.15) is 5.10 Å². The molecule has 0 aliphatic rings. The van der Waals surface area contributed by atoms with Crippen LogP contribution in [-0.2, 0) is 11.3 Å². The van der Waals surface area contributed by atoms with Crippen LogP contribution in [0.3, 0.4) is 0 Å². The Labute approximate surface area is 191 Å². The second-order valence-electron chi connectivity index (χ2n) is 7.35. The predicted molar refractivity (Wildman–Crippen MR) is 127 cm³/mol. The minimum absolute atomic E-state index is 0.308. The number of carbonyl (C=O) groups is 2. The van der Waals surface area contributed by atoms with Gasteiger partial charge in [0, 0.05) is 34.8 Å². The third-order valence-electron chi connectivity index (χ3n) is 5.24. The number of nitrogens with zero attached hydrogens (tertiary/aromatic N) is 2. The van der Waals surface area contributed by atoms with Gasteiger partial charge in [0.05, 0.1) is 26.0 Å². The third kappa shape index (κ3) is 4.93. The molecule has 7 heteroatoms. The number of esters is 1. The lowest BCUT2D eigenvalue weighted by Crippen LogP contribution is -2.17. The fourth-order valence-electron chi connectivity index (χ4n) is 3.59. The molecule has 0 saturated carbocycles. The molecule has 1 heterocycles. The van der Waals surface area contributed by atoms with Gasteiger partial charge in [0.1, 0.15) is 5.75 Å². The number of hydrogen-bond donors (Lipinski definition) is 1. The summed E-state index contributed by atoms with van der Waals surface area (Å²) in [5, 5.41) is 5.15. The highest BCUT2D eigenvalue weighted by Crippen LogP contribution is 2.22. The first-order chi connectivity index (χ1) is 16.1. The molecular weight excluding hydrogens is 418 g/mol. The summed E-state index contributed by atoms with van der Waals surface area (Å²) in [6.07, 6.45) is 3.60. The highest BCUT2D eigenvalue weighted by atomic mass is 16.5. The lowest BCUT2D eigenvalue weighted by Gasteiger charge is -2.07. The summed E-state index contributed by atoms with van der Waals surface area (Å²) in [6, 6.07) is 22.1. The van der Waals surface area contributed by atoms with Crippen molar-refractivity contribution in [2.45, 2.75) is 6.54 Å². The molecule has 3 aromatic carbocycles. The summed E-state index contributed by atoms with van der Waals surface area (Å²) in [6.45, 7) is 0.567. The van der Waals surface area contributed by atoms with E-state index in [0.717, 1.165) is 22.0 Å². The number of nitrogens with one attached hydrogen (secondary N) is 1. The van der Waals surface area contributed by atoms with E-state index in [-0.39, 0.29) is 11.9 Å². The van der Waals surface area contributed by atoms with Crippen molar-refractivity contribution >= 4 is 29.0 Å². The maximum atomic E-state index is 12.3. The smallest absolute Gasteiger partial charge is 0.337 e. The summed E-state index contributed by atoms with van der Waals surface area (Å²) in [5.74, 6) is 0.00638. The van der Waals surface area contributed by atoms with E-state index in [1.54, 1.807) is 43.7 Å². The molecule has 0 aliphatic heterocycles. The van der Waals surface area contributed by atoms with E-state index >= 15 is 0 Å². The number of fused-ring (bicyclic) bond motifs is 1. The number of para-hydroxylation sites is 1. The lowest BCUT2D eigenvalue weighted by atomic mass is 10.1. The van der Waals surface area contributed by atoms with Crippen LogP contribution in [0.1, 0.15) is 31.8 Å². The minimum Gasteiger partial charge on any atom is -0.497 e. The zero-order valence-electron chi connectivity index (χ0n) is 18.3. The Morgan fingerprint density at radius 3 is 2.52 bits per heavy atom. The van der Waals surface area contributed by atoms with Crippen molar-refractivity contribution in [2.75, 3.05) is 14.2 Å². The first-order valence-electron chi connectivity index (χ1n) is 10.3. The van der Waals surface area contributed by atoms with Crippen LogP contribution in [0.4, 0.5) is 0 Å². The van der Waals surface area contributed by atoms with Crippen molar-refractivity contribution in [3.63, 3.8) is 0 Å². The van der Waals surface area contributed by atoms with Crippen molar-refractivity contribution < 1.29 is 19.1 Å². The first kappa shape index (κ1) is 21.8. The second kappa shape index (κ2) is 9.82. The van der Waals surface area contributed by atoms with Gasteiger partial charge in [-0.05, 0) is 48.0 Å². The van der Waals surface area contributed by atoms with Crippen molar-refractivity contribution in [1.82, 2.24) is 9.99 Å². The van der Waals surface area contributed by atoms with Gasteiger partial charge in [-0.15, -0.1) is 0 Å². The van der Waals surface area contributed by atoms with Crippen LogP contribution >= 0.6 is 0 Å². The number of aromatic nitrogens is 1. The standard InChI is InChI=1S/C26H23N3O4/c1-32-22-12-10-19(11-13-22)25(30)28-27-15-21-17-29(24-9-4-3-8-23(21)24)16-18-6-5-7-20(14-18)26(31)33-2/h3-15,17H,16H2,1-2H3,(H,28,30)/b27-15-. The van der Waals surface area contributed by atoms with E-state index in [2.05, 4.69) is 15.1 Å². The molecule has 7 nitrogen and oxygen atoms in total.